The number of benzene rings is 1. The van der Waals surface area contributed by atoms with Crippen LogP contribution >= 0.6 is 0 Å². The Morgan fingerprint density at radius 2 is 2.06 bits per heavy atom. The second-order valence-electron chi connectivity index (χ2n) is 3.75. The van der Waals surface area contributed by atoms with Crippen molar-refractivity contribution in [2.24, 2.45) is 0 Å². The molecule has 1 heterocycles. The molecule has 1 aromatic heterocycles. The molecule has 2 rings (SSSR count). The molecule has 0 atom stereocenters. The van der Waals surface area contributed by atoms with E-state index in [9.17, 15) is 0 Å². The standard InChI is InChI=1S/C11H14N4O/c1-8-3-4-10(7-9(8)2)11-12-13-14-15(11)5-6-16/h3-4,7,16H,5-6H2,1-2H3. The van der Waals surface area contributed by atoms with Crippen molar-refractivity contribution in [1.29, 1.82) is 0 Å². The minimum Gasteiger partial charge on any atom is -0.394 e. The van der Waals surface area contributed by atoms with Crippen LogP contribution < -0.4 is 0 Å². The van der Waals surface area contributed by atoms with E-state index in [-0.39, 0.29) is 6.61 Å². The average Bonchev–Trinajstić information content (AvgIpc) is 2.71. The van der Waals surface area contributed by atoms with Crippen molar-refractivity contribution < 1.29 is 5.11 Å². The molecule has 0 aliphatic heterocycles. The Bertz CT molecular complexity index is 492. The van der Waals surface area contributed by atoms with E-state index in [1.54, 1.807) is 4.68 Å². The molecule has 1 aromatic carbocycles. The molecule has 0 saturated heterocycles. The second-order valence-corrected chi connectivity index (χ2v) is 3.75. The van der Waals surface area contributed by atoms with Gasteiger partial charge in [0.2, 0.25) is 0 Å². The number of aryl methyl sites for hydroxylation is 2. The van der Waals surface area contributed by atoms with Crippen molar-refractivity contribution in [2.75, 3.05) is 6.61 Å². The largest absolute Gasteiger partial charge is 0.394 e. The lowest BCUT2D eigenvalue weighted by Crippen LogP contribution is -2.06. The topological polar surface area (TPSA) is 63.8 Å². The predicted octanol–water partition coefficient (Wildman–Crippen LogP) is 0.949. The van der Waals surface area contributed by atoms with E-state index in [0.29, 0.717) is 12.4 Å². The van der Waals surface area contributed by atoms with Crippen molar-refractivity contribution >= 4 is 0 Å². The first-order chi connectivity index (χ1) is 7.72. The summed E-state index contributed by atoms with van der Waals surface area (Å²) in [5.74, 6) is 0.692. The molecule has 2 aromatic rings. The molecule has 5 heteroatoms. The van der Waals surface area contributed by atoms with Gasteiger partial charge in [0.15, 0.2) is 5.82 Å². The molecule has 0 aliphatic rings. The van der Waals surface area contributed by atoms with Crippen molar-refractivity contribution in [3.8, 4) is 11.4 Å². The average molecular weight is 218 g/mol. The number of hydrogen-bond donors (Lipinski definition) is 1. The monoisotopic (exact) mass is 218 g/mol. The van der Waals surface area contributed by atoms with Gasteiger partial charge in [-0.25, -0.2) is 4.68 Å². The first-order valence-electron chi connectivity index (χ1n) is 5.17. The van der Waals surface area contributed by atoms with Crippen LogP contribution in [0.4, 0.5) is 0 Å². The van der Waals surface area contributed by atoms with Gasteiger partial charge in [-0.1, -0.05) is 12.1 Å². The molecule has 0 radical (unpaired) electrons. The molecule has 0 unspecified atom stereocenters. The van der Waals surface area contributed by atoms with Gasteiger partial charge in [-0.3, -0.25) is 0 Å². The summed E-state index contributed by atoms with van der Waals surface area (Å²) in [5, 5.41) is 20.3. The van der Waals surface area contributed by atoms with Gasteiger partial charge in [-0.15, -0.1) is 5.10 Å². The Hall–Kier alpha value is -1.75. The summed E-state index contributed by atoms with van der Waals surface area (Å²) in [6, 6.07) is 6.08. The maximum absolute atomic E-state index is 8.89. The predicted molar refractivity (Wildman–Crippen MR) is 59.8 cm³/mol. The molecule has 0 bridgehead atoms. The van der Waals surface area contributed by atoms with Crippen molar-refractivity contribution in [3.63, 3.8) is 0 Å². The van der Waals surface area contributed by atoms with Gasteiger partial charge in [0.1, 0.15) is 0 Å². The van der Waals surface area contributed by atoms with Crippen molar-refractivity contribution in [1.82, 2.24) is 20.2 Å². The first-order valence-corrected chi connectivity index (χ1v) is 5.17. The van der Waals surface area contributed by atoms with E-state index in [0.717, 1.165) is 5.56 Å². The van der Waals surface area contributed by atoms with E-state index < -0.39 is 0 Å². The summed E-state index contributed by atoms with van der Waals surface area (Å²) in [5.41, 5.74) is 3.42. The molecule has 0 amide bonds. The Kier molecular flexibility index (Phi) is 2.96. The van der Waals surface area contributed by atoms with Crippen LogP contribution in [0.1, 0.15) is 11.1 Å². The molecule has 0 saturated carbocycles. The number of rotatable bonds is 3. The molecule has 0 spiro atoms. The lowest BCUT2D eigenvalue weighted by molar-refractivity contribution is 0.269. The molecular weight excluding hydrogens is 204 g/mol. The van der Waals surface area contributed by atoms with E-state index in [1.165, 1.54) is 11.1 Å². The third kappa shape index (κ3) is 1.94. The molecular formula is C11H14N4O. The van der Waals surface area contributed by atoms with Gasteiger partial charge in [0.25, 0.3) is 0 Å². The van der Waals surface area contributed by atoms with Gasteiger partial charge in [-0.2, -0.15) is 0 Å². The number of tetrazole rings is 1. The van der Waals surface area contributed by atoms with Crippen LogP contribution in [-0.4, -0.2) is 31.9 Å². The Morgan fingerprint density at radius 3 is 2.75 bits per heavy atom. The number of hydrogen-bond acceptors (Lipinski definition) is 4. The van der Waals surface area contributed by atoms with Gasteiger partial charge in [0, 0.05) is 5.56 Å². The highest BCUT2D eigenvalue weighted by Gasteiger charge is 2.08. The summed E-state index contributed by atoms with van der Waals surface area (Å²) >= 11 is 0. The van der Waals surface area contributed by atoms with Crippen LogP contribution in [0.25, 0.3) is 11.4 Å². The molecule has 1 N–H and O–H groups in total. The van der Waals surface area contributed by atoms with Crippen LogP contribution in [0.5, 0.6) is 0 Å². The minimum absolute atomic E-state index is 0.0306. The zero-order chi connectivity index (χ0) is 11.5. The Morgan fingerprint density at radius 1 is 1.25 bits per heavy atom. The fraction of sp³-hybridized carbons (Fsp3) is 0.364. The van der Waals surface area contributed by atoms with Crippen molar-refractivity contribution in [2.45, 2.75) is 20.4 Å². The maximum atomic E-state index is 8.89. The van der Waals surface area contributed by atoms with Crippen LogP contribution in [-0.2, 0) is 6.54 Å². The van der Waals surface area contributed by atoms with Crippen LogP contribution in [0.3, 0.4) is 0 Å². The SMILES string of the molecule is Cc1ccc(-c2nnnn2CCO)cc1C. The minimum atomic E-state index is 0.0306. The highest BCUT2D eigenvalue weighted by atomic mass is 16.3. The van der Waals surface area contributed by atoms with Crippen LogP contribution in [0, 0.1) is 13.8 Å². The summed E-state index contributed by atoms with van der Waals surface area (Å²) in [4.78, 5) is 0. The van der Waals surface area contributed by atoms with Gasteiger partial charge in [-0.05, 0) is 41.5 Å². The van der Waals surface area contributed by atoms with Crippen LogP contribution in [0.15, 0.2) is 18.2 Å². The van der Waals surface area contributed by atoms with Crippen LogP contribution in [0.2, 0.25) is 0 Å². The summed E-state index contributed by atoms with van der Waals surface area (Å²) in [6.07, 6.45) is 0. The van der Waals surface area contributed by atoms with E-state index in [1.807, 2.05) is 12.1 Å². The first kappa shape index (κ1) is 10.8. The summed E-state index contributed by atoms with van der Waals surface area (Å²) < 4.78 is 1.60. The fourth-order valence-corrected chi connectivity index (χ4v) is 1.54. The smallest absolute Gasteiger partial charge is 0.182 e. The van der Waals surface area contributed by atoms with E-state index in [4.69, 9.17) is 5.11 Å². The quantitative estimate of drug-likeness (QED) is 0.833. The van der Waals surface area contributed by atoms with E-state index >= 15 is 0 Å². The third-order valence-corrected chi connectivity index (χ3v) is 2.61. The highest BCUT2D eigenvalue weighted by Crippen LogP contribution is 2.19. The normalized spacial score (nSPS) is 10.7. The molecule has 16 heavy (non-hydrogen) atoms. The van der Waals surface area contributed by atoms with Crippen molar-refractivity contribution in [3.05, 3.63) is 29.3 Å². The fourth-order valence-electron chi connectivity index (χ4n) is 1.54. The van der Waals surface area contributed by atoms with Gasteiger partial charge in [0.05, 0.1) is 13.2 Å². The molecule has 0 fully saturated rings. The highest BCUT2D eigenvalue weighted by molar-refractivity contribution is 5.56. The molecule has 5 nitrogen and oxygen atoms in total. The van der Waals surface area contributed by atoms with E-state index in [2.05, 4.69) is 35.4 Å². The van der Waals surface area contributed by atoms with Gasteiger partial charge < -0.3 is 5.11 Å². The molecule has 84 valence electrons. The number of aliphatic hydroxyl groups is 1. The zero-order valence-electron chi connectivity index (χ0n) is 9.38. The Balaban J connectivity index is 2.42. The zero-order valence-corrected chi connectivity index (χ0v) is 9.38. The maximum Gasteiger partial charge on any atom is 0.182 e. The lowest BCUT2D eigenvalue weighted by Gasteiger charge is -2.05. The Labute approximate surface area is 93.7 Å². The number of aromatic nitrogens is 4. The number of aliphatic hydroxyl groups excluding tert-OH is 1. The number of nitrogens with zero attached hydrogens (tertiary/aromatic N) is 4. The lowest BCUT2D eigenvalue weighted by atomic mass is 10.1. The van der Waals surface area contributed by atoms with Gasteiger partial charge >= 0.3 is 0 Å². The summed E-state index contributed by atoms with van der Waals surface area (Å²) in [6.45, 7) is 4.56. The third-order valence-electron chi connectivity index (χ3n) is 2.61. The molecule has 0 aliphatic carbocycles. The second kappa shape index (κ2) is 4.40. The summed E-state index contributed by atoms with van der Waals surface area (Å²) in [7, 11) is 0.